The summed E-state index contributed by atoms with van der Waals surface area (Å²) in [6.45, 7) is 5.54. The number of aromatic nitrogens is 4. The number of fused-ring (bicyclic) bond motifs is 1. The van der Waals surface area contributed by atoms with Crippen LogP contribution in [0, 0.1) is 0 Å². The topological polar surface area (TPSA) is 98.8 Å². The Morgan fingerprint density at radius 1 is 1.45 bits per heavy atom. The summed E-state index contributed by atoms with van der Waals surface area (Å²) in [6, 6.07) is 5.45. The fraction of sp³-hybridized carbons (Fsp3) is 0.200. The van der Waals surface area contributed by atoms with Crippen LogP contribution in [0.3, 0.4) is 0 Å². The summed E-state index contributed by atoms with van der Waals surface area (Å²) in [5.41, 5.74) is 3.66. The molecule has 7 nitrogen and oxygen atoms in total. The molecule has 0 spiro atoms. The number of aromatic amines is 2. The smallest absolute Gasteiger partial charge is 0.253 e. The Morgan fingerprint density at radius 2 is 2.27 bits per heavy atom. The van der Waals surface area contributed by atoms with E-state index in [-0.39, 0.29) is 5.91 Å². The summed E-state index contributed by atoms with van der Waals surface area (Å²) < 4.78 is 0. The molecular formula is C15H16N6O. The second-order valence-electron chi connectivity index (χ2n) is 4.78. The molecule has 2 aromatic heterocycles. The molecule has 112 valence electrons. The van der Waals surface area contributed by atoms with Gasteiger partial charge in [0.25, 0.3) is 5.91 Å². The van der Waals surface area contributed by atoms with E-state index < -0.39 is 0 Å². The Kier molecular flexibility index (Phi) is 3.46. The van der Waals surface area contributed by atoms with Gasteiger partial charge in [-0.15, -0.1) is 0 Å². The SMILES string of the molecule is C=Nc1n[nH]c(-c2nc3c(C(=O)NC)cccc3[nH]2)c1CC. The predicted octanol–water partition coefficient (Wildman–Crippen LogP) is 2.21. The molecule has 3 N–H and O–H groups in total. The van der Waals surface area contributed by atoms with Crippen molar-refractivity contribution in [1.82, 2.24) is 25.5 Å². The van der Waals surface area contributed by atoms with Gasteiger partial charge in [0.2, 0.25) is 0 Å². The number of nitrogens with one attached hydrogen (secondary N) is 3. The monoisotopic (exact) mass is 296 g/mol. The Labute approximate surface area is 126 Å². The van der Waals surface area contributed by atoms with Crippen LogP contribution in [0.5, 0.6) is 0 Å². The van der Waals surface area contributed by atoms with Crippen LogP contribution in [0.2, 0.25) is 0 Å². The number of nitrogens with zero attached hydrogens (tertiary/aromatic N) is 3. The van der Waals surface area contributed by atoms with Gasteiger partial charge in [0, 0.05) is 12.6 Å². The third-order valence-electron chi connectivity index (χ3n) is 3.57. The van der Waals surface area contributed by atoms with E-state index in [0.29, 0.717) is 22.7 Å². The Hall–Kier alpha value is -2.96. The first-order chi connectivity index (χ1) is 10.7. The van der Waals surface area contributed by atoms with Gasteiger partial charge in [-0.05, 0) is 25.3 Å². The number of rotatable bonds is 4. The normalized spacial score (nSPS) is 10.8. The number of hydrogen-bond donors (Lipinski definition) is 3. The summed E-state index contributed by atoms with van der Waals surface area (Å²) in [5.74, 6) is 1.03. The van der Waals surface area contributed by atoms with Crippen LogP contribution in [0.15, 0.2) is 23.2 Å². The maximum atomic E-state index is 11.9. The van der Waals surface area contributed by atoms with Gasteiger partial charge in [-0.25, -0.2) is 9.98 Å². The van der Waals surface area contributed by atoms with Crippen LogP contribution in [0.25, 0.3) is 22.6 Å². The summed E-state index contributed by atoms with van der Waals surface area (Å²) in [5, 5.41) is 9.69. The largest absolute Gasteiger partial charge is 0.355 e. The lowest BCUT2D eigenvalue weighted by molar-refractivity contribution is 0.0964. The molecule has 0 aliphatic carbocycles. The molecule has 3 aromatic rings. The first-order valence-corrected chi connectivity index (χ1v) is 6.94. The lowest BCUT2D eigenvalue weighted by atomic mass is 10.1. The molecule has 1 aromatic carbocycles. The van der Waals surface area contributed by atoms with E-state index in [0.717, 1.165) is 23.2 Å². The Bertz CT molecular complexity index is 860. The highest BCUT2D eigenvalue weighted by Crippen LogP contribution is 2.29. The molecule has 0 saturated carbocycles. The van der Waals surface area contributed by atoms with Crippen molar-refractivity contribution in [1.29, 1.82) is 0 Å². The van der Waals surface area contributed by atoms with Gasteiger partial charge in [-0.1, -0.05) is 13.0 Å². The molecule has 0 aliphatic rings. The fourth-order valence-corrected chi connectivity index (χ4v) is 2.49. The van der Waals surface area contributed by atoms with Gasteiger partial charge < -0.3 is 10.3 Å². The highest BCUT2D eigenvalue weighted by atomic mass is 16.1. The number of aliphatic imine (C=N–C) groups is 1. The van der Waals surface area contributed by atoms with E-state index in [1.807, 2.05) is 19.1 Å². The maximum Gasteiger partial charge on any atom is 0.253 e. The molecule has 0 bridgehead atoms. The number of hydrogen-bond acceptors (Lipinski definition) is 4. The minimum atomic E-state index is -0.169. The second kappa shape index (κ2) is 5.44. The van der Waals surface area contributed by atoms with Crippen molar-refractivity contribution in [3.63, 3.8) is 0 Å². The van der Waals surface area contributed by atoms with Crippen molar-refractivity contribution in [2.75, 3.05) is 7.05 Å². The zero-order chi connectivity index (χ0) is 15.7. The zero-order valence-corrected chi connectivity index (χ0v) is 12.4. The fourth-order valence-electron chi connectivity index (χ4n) is 2.49. The van der Waals surface area contributed by atoms with Crippen molar-refractivity contribution in [3.8, 4) is 11.5 Å². The second-order valence-corrected chi connectivity index (χ2v) is 4.78. The van der Waals surface area contributed by atoms with Crippen molar-refractivity contribution < 1.29 is 4.79 Å². The van der Waals surface area contributed by atoms with Crippen LogP contribution in [-0.4, -0.2) is 39.8 Å². The first kappa shape index (κ1) is 14.0. The van der Waals surface area contributed by atoms with Crippen molar-refractivity contribution in [2.24, 2.45) is 4.99 Å². The molecule has 0 aliphatic heterocycles. The summed E-state index contributed by atoms with van der Waals surface area (Å²) >= 11 is 0. The van der Waals surface area contributed by atoms with Crippen molar-refractivity contribution in [3.05, 3.63) is 29.3 Å². The van der Waals surface area contributed by atoms with Crippen molar-refractivity contribution in [2.45, 2.75) is 13.3 Å². The van der Waals surface area contributed by atoms with Gasteiger partial charge in [0.15, 0.2) is 11.6 Å². The predicted molar refractivity (Wildman–Crippen MR) is 85.7 cm³/mol. The minimum absolute atomic E-state index is 0.169. The number of para-hydroxylation sites is 1. The number of H-pyrrole nitrogens is 2. The quantitative estimate of drug-likeness (QED) is 0.644. The van der Waals surface area contributed by atoms with Gasteiger partial charge in [0.1, 0.15) is 11.2 Å². The summed E-state index contributed by atoms with van der Waals surface area (Å²) in [4.78, 5) is 23.6. The van der Waals surface area contributed by atoms with Crippen LogP contribution in [0.1, 0.15) is 22.8 Å². The standard InChI is InChI=1S/C15H16N6O/c1-4-8-12(20-21-13(8)16-2)14-18-10-7-5-6-9(11(10)19-14)15(22)17-3/h5-7H,2,4H2,1,3H3,(H,17,22)(H,18,19)(H,20,21). The van der Waals surface area contributed by atoms with Gasteiger partial charge in [-0.2, -0.15) is 5.10 Å². The van der Waals surface area contributed by atoms with Gasteiger partial charge in [0.05, 0.1) is 11.1 Å². The molecule has 7 heteroatoms. The molecule has 0 saturated heterocycles. The molecule has 0 radical (unpaired) electrons. The van der Waals surface area contributed by atoms with Crippen LogP contribution in [-0.2, 0) is 6.42 Å². The lowest BCUT2D eigenvalue weighted by Gasteiger charge is -1.99. The van der Waals surface area contributed by atoms with E-state index >= 15 is 0 Å². The third-order valence-corrected chi connectivity index (χ3v) is 3.57. The number of imidazole rings is 1. The summed E-state index contributed by atoms with van der Waals surface area (Å²) in [6.07, 6.45) is 0.750. The van der Waals surface area contributed by atoms with Crippen LogP contribution >= 0.6 is 0 Å². The average Bonchev–Trinajstić information content (AvgIpc) is 3.16. The highest BCUT2D eigenvalue weighted by Gasteiger charge is 2.18. The van der Waals surface area contributed by atoms with E-state index in [2.05, 4.69) is 37.2 Å². The first-order valence-electron chi connectivity index (χ1n) is 6.94. The Morgan fingerprint density at radius 3 is 2.95 bits per heavy atom. The molecule has 0 unspecified atom stereocenters. The maximum absolute atomic E-state index is 11.9. The average molecular weight is 296 g/mol. The van der Waals surface area contributed by atoms with E-state index in [4.69, 9.17) is 0 Å². The molecule has 0 atom stereocenters. The minimum Gasteiger partial charge on any atom is -0.355 e. The molecule has 22 heavy (non-hydrogen) atoms. The van der Waals surface area contributed by atoms with E-state index in [9.17, 15) is 4.79 Å². The number of carbonyl (C=O) groups is 1. The van der Waals surface area contributed by atoms with Gasteiger partial charge in [-0.3, -0.25) is 9.89 Å². The van der Waals surface area contributed by atoms with Crippen LogP contribution in [0.4, 0.5) is 5.82 Å². The molecule has 1 amide bonds. The summed E-state index contributed by atoms with van der Waals surface area (Å²) in [7, 11) is 1.60. The zero-order valence-electron chi connectivity index (χ0n) is 12.4. The van der Waals surface area contributed by atoms with E-state index in [1.165, 1.54) is 0 Å². The van der Waals surface area contributed by atoms with Crippen molar-refractivity contribution >= 4 is 29.5 Å². The lowest BCUT2D eigenvalue weighted by Crippen LogP contribution is -2.18. The van der Waals surface area contributed by atoms with Crippen LogP contribution < -0.4 is 5.32 Å². The molecule has 0 fully saturated rings. The highest BCUT2D eigenvalue weighted by molar-refractivity contribution is 6.05. The molecule has 3 rings (SSSR count). The Balaban J connectivity index is 2.19. The molecular weight excluding hydrogens is 280 g/mol. The van der Waals surface area contributed by atoms with Gasteiger partial charge >= 0.3 is 0 Å². The third kappa shape index (κ3) is 2.07. The van der Waals surface area contributed by atoms with E-state index in [1.54, 1.807) is 13.1 Å². The molecule has 2 heterocycles. The number of benzene rings is 1. The number of amides is 1. The number of carbonyl (C=O) groups excluding carboxylic acids is 1.